The summed E-state index contributed by atoms with van der Waals surface area (Å²) < 4.78 is 0. The van der Waals surface area contributed by atoms with Crippen LogP contribution in [0, 0.1) is 5.92 Å². The molecule has 0 aromatic carbocycles. The number of β-lactam (4-membered cyclic amide) rings is 1. The fraction of sp³-hybridized carbons (Fsp3) is 0.833. The van der Waals surface area contributed by atoms with E-state index in [1.54, 1.807) is 18.9 Å². The lowest BCUT2D eigenvalue weighted by Gasteiger charge is -2.36. The number of rotatable bonds is 1. The first-order valence-corrected chi connectivity index (χ1v) is 3.06. The largest absolute Gasteiger partial charge is 0.393 e. The van der Waals surface area contributed by atoms with E-state index >= 15 is 0 Å². The number of nitrogens with zero attached hydrogens (tertiary/aromatic N) is 1. The standard InChI is InChI=1S/C6H11NO2/c1-4(8)5-3-7(2)6(5)9/h4-5,8H,3H2,1-2H3/t4-,5+/m1/s1. The molecule has 1 rings (SSSR count). The lowest BCUT2D eigenvalue weighted by Crippen LogP contribution is -2.54. The topological polar surface area (TPSA) is 40.5 Å². The molecule has 9 heavy (non-hydrogen) atoms. The second-order valence-electron chi connectivity index (χ2n) is 2.57. The first kappa shape index (κ1) is 6.55. The molecule has 0 aromatic rings. The third-order valence-electron chi connectivity index (χ3n) is 1.75. The van der Waals surface area contributed by atoms with Crippen molar-refractivity contribution in [3.8, 4) is 0 Å². The minimum atomic E-state index is -0.478. The first-order chi connectivity index (χ1) is 4.13. The molecule has 1 saturated heterocycles. The Labute approximate surface area is 54.3 Å². The normalized spacial score (nSPS) is 29.9. The first-order valence-electron chi connectivity index (χ1n) is 3.06. The quantitative estimate of drug-likeness (QED) is 0.483. The van der Waals surface area contributed by atoms with Crippen molar-refractivity contribution in [1.82, 2.24) is 4.90 Å². The van der Waals surface area contributed by atoms with Crippen molar-refractivity contribution in [2.45, 2.75) is 13.0 Å². The maximum atomic E-state index is 10.8. The SMILES string of the molecule is C[C@@H](O)[C@@H]1CN(C)C1=O. The number of likely N-dealkylation sites (tertiary alicyclic amines) is 1. The average Bonchev–Trinajstić information content (AvgIpc) is 1.81. The van der Waals surface area contributed by atoms with Crippen LogP contribution in [-0.2, 0) is 4.79 Å². The number of aliphatic hydroxyl groups is 1. The molecule has 1 N–H and O–H groups in total. The molecule has 0 saturated carbocycles. The second-order valence-corrected chi connectivity index (χ2v) is 2.57. The monoisotopic (exact) mass is 129 g/mol. The zero-order chi connectivity index (χ0) is 7.02. The number of hydrogen-bond donors (Lipinski definition) is 1. The zero-order valence-corrected chi connectivity index (χ0v) is 5.66. The molecule has 1 fully saturated rings. The van der Waals surface area contributed by atoms with Crippen molar-refractivity contribution in [3.63, 3.8) is 0 Å². The predicted octanol–water partition coefficient (Wildman–Crippen LogP) is -0.545. The van der Waals surface area contributed by atoms with Gasteiger partial charge in [-0.2, -0.15) is 0 Å². The maximum absolute atomic E-state index is 10.8. The van der Waals surface area contributed by atoms with Crippen LogP contribution in [0.4, 0.5) is 0 Å². The van der Waals surface area contributed by atoms with Gasteiger partial charge in [0.25, 0.3) is 0 Å². The van der Waals surface area contributed by atoms with Crippen molar-refractivity contribution >= 4 is 5.91 Å². The van der Waals surface area contributed by atoms with Crippen LogP contribution in [0.25, 0.3) is 0 Å². The fourth-order valence-corrected chi connectivity index (χ4v) is 0.993. The summed E-state index contributed by atoms with van der Waals surface area (Å²) in [6, 6.07) is 0. The highest BCUT2D eigenvalue weighted by atomic mass is 16.3. The van der Waals surface area contributed by atoms with Gasteiger partial charge in [0, 0.05) is 13.6 Å². The van der Waals surface area contributed by atoms with Gasteiger partial charge in [0.1, 0.15) is 0 Å². The van der Waals surface area contributed by atoms with Gasteiger partial charge in [-0.3, -0.25) is 4.79 Å². The van der Waals surface area contributed by atoms with Crippen molar-refractivity contribution in [2.24, 2.45) is 5.92 Å². The number of carbonyl (C=O) groups excluding carboxylic acids is 1. The molecule has 0 spiro atoms. The van der Waals surface area contributed by atoms with Crippen LogP contribution in [0.5, 0.6) is 0 Å². The van der Waals surface area contributed by atoms with Crippen molar-refractivity contribution in [1.29, 1.82) is 0 Å². The van der Waals surface area contributed by atoms with E-state index in [1.165, 1.54) is 0 Å². The molecule has 0 radical (unpaired) electrons. The van der Waals surface area contributed by atoms with E-state index in [1.807, 2.05) is 0 Å². The molecule has 0 unspecified atom stereocenters. The molecular formula is C6H11NO2. The summed E-state index contributed by atoms with van der Waals surface area (Å²) in [5.74, 6) is -0.0694. The lowest BCUT2D eigenvalue weighted by molar-refractivity contribution is -0.151. The van der Waals surface area contributed by atoms with Gasteiger partial charge in [0.15, 0.2) is 0 Å². The van der Waals surface area contributed by atoms with Crippen LogP contribution in [-0.4, -0.2) is 35.6 Å². The Hall–Kier alpha value is -0.570. The number of aliphatic hydroxyl groups excluding tert-OH is 1. The van der Waals surface area contributed by atoms with Gasteiger partial charge in [-0.15, -0.1) is 0 Å². The highest BCUT2D eigenvalue weighted by molar-refractivity contribution is 5.84. The van der Waals surface area contributed by atoms with Crippen molar-refractivity contribution in [2.75, 3.05) is 13.6 Å². The summed E-state index contributed by atoms with van der Waals surface area (Å²) in [5.41, 5.74) is 0. The molecule has 52 valence electrons. The highest BCUT2D eigenvalue weighted by Gasteiger charge is 2.36. The summed E-state index contributed by atoms with van der Waals surface area (Å²) >= 11 is 0. The smallest absolute Gasteiger partial charge is 0.229 e. The summed E-state index contributed by atoms with van der Waals surface area (Å²) in [7, 11) is 1.74. The molecule has 0 aromatic heterocycles. The average molecular weight is 129 g/mol. The van der Waals surface area contributed by atoms with Crippen LogP contribution in [0.2, 0.25) is 0 Å². The Bertz CT molecular complexity index is 133. The molecule has 3 nitrogen and oxygen atoms in total. The van der Waals surface area contributed by atoms with E-state index in [2.05, 4.69) is 0 Å². The number of amides is 1. The molecule has 1 aliphatic heterocycles. The van der Waals surface area contributed by atoms with Crippen LogP contribution in [0.15, 0.2) is 0 Å². The molecule has 0 aliphatic carbocycles. The van der Waals surface area contributed by atoms with E-state index in [9.17, 15) is 4.79 Å². The second kappa shape index (κ2) is 1.99. The number of carbonyl (C=O) groups is 1. The lowest BCUT2D eigenvalue weighted by atomic mass is 9.94. The zero-order valence-electron chi connectivity index (χ0n) is 5.66. The highest BCUT2D eigenvalue weighted by Crippen LogP contribution is 2.18. The van der Waals surface area contributed by atoms with Crippen LogP contribution in [0.1, 0.15) is 6.92 Å². The Morgan fingerprint density at radius 3 is 2.56 bits per heavy atom. The van der Waals surface area contributed by atoms with Gasteiger partial charge in [-0.05, 0) is 6.92 Å². The Balaban J connectivity index is 2.42. The van der Waals surface area contributed by atoms with Crippen LogP contribution >= 0.6 is 0 Å². The Morgan fingerprint density at radius 1 is 1.89 bits per heavy atom. The fourth-order valence-electron chi connectivity index (χ4n) is 0.993. The molecule has 3 heteroatoms. The number of hydrogen-bond acceptors (Lipinski definition) is 2. The third-order valence-corrected chi connectivity index (χ3v) is 1.75. The minimum Gasteiger partial charge on any atom is -0.393 e. The maximum Gasteiger partial charge on any atom is 0.229 e. The molecule has 2 atom stereocenters. The van der Waals surface area contributed by atoms with Crippen molar-refractivity contribution < 1.29 is 9.90 Å². The van der Waals surface area contributed by atoms with Crippen molar-refractivity contribution in [3.05, 3.63) is 0 Å². The third kappa shape index (κ3) is 0.920. The predicted molar refractivity (Wildman–Crippen MR) is 32.8 cm³/mol. The van der Waals surface area contributed by atoms with E-state index in [4.69, 9.17) is 5.11 Å². The molecule has 1 amide bonds. The van der Waals surface area contributed by atoms with Gasteiger partial charge in [0.05, 0.1) is 12.0 Å². The summed E-state index contributed by atoms with van der Waals surface area (Å²) in [6.45, 7) is 2.35. The van der Waals surface area contributed by atoms with E-state index < -0.39 is 6.10 Å². The van der Waals surface area contributed by atoms with Gasteiger partial charge in [0.2, 0.25) is 5.91 Å². The summed E-state index contributed by atoms with van der Waals surface area (Å²) in [4.78, 5) is 12.4. The van der Waals surface area contributed by atoms with Gasteiger partial charge < -0.3 is 10.0 Å². The molecule has 1 aliphatic rings. The van der Waals surface area contributed by atoms with Crippen LogP contribution < -0.4 is 0 Å². The summed E-state index contributed by atoms with van der Waals surface area (Å²) in [6.07, 6.45) is -0.478. The van der Waals surface area contributed by atoms with Gasteiger partial charge in [-0.1, -0.05) is 0 Å². The van der Waals surface area contributed by atoms with Gasteiger partial charge in [-0.25, -0.2) is 0 Å². The molecular weight excluding hydrogens is 118 g/mol. The van der Waals surface area contributed by atoms with E-state index in [0.29, 0.717) is 6.54 Å². The van der Waals surface area contributed by atoms with E-state index in [-0.39, 0.29) is 11.8 Å². The van der Waals surface area contributed by atoms with E-state index in [0.717, 1.165) is 0 Å². The Morgan fingerprint density at radius 2 is 2.44 bits per heavy atom. The van der Waals surface area contributed by atoms with Gasteiger partial charge >= 0.3 is 0 Å². The minimum absolute atomic E-state index is 0.0602. The van der Waals surface area contributed by atoms with Crippen LogP contribution in [0.3, 0.4) is 0 Å². The Kier molecular flexibility index (Phi) is 1.45. The molecule has 1 heterocycles. The molecule has 0 bridgehead atoms. The summed E-state index contributed by atoms with van der Waals surface area (Å²) in [5, 5.41) is 8.91.